The van der Waals surface area contributed by atoms with Crippen molar-refractivity contribution in [1.82, 2.24) is 9.97 Å². The summed E-state index contributed by atoms with van der Waals surface area (Å²) < 4.78 is 0. The van der Waals surface area contributed by atoms with Crippen LogP contribution in [0.3, 0.4) is 0 Å². The van der Waals surface area contributed by atoms with E-state index in [-0.39, 0.29) is 0 Å². The summed E-state index contributed by atoms with van der Waals surface area (Å²) in [6.45, 7) is 4.25. The van der Waals surface area contributed by atoms with E-state index in [0.717, 1.165) is 22.2 Å². The highest BCUT2D eigenvalue weighted by Gasteiger charge is 2.11. The molecule has 2 heteroatoms. The van der Waals surface area contributed by atoms with E-state index in [1.54, 1.807) is 6.33 Å². The van der Waals surface area contributed by atoms with Crippen LogP contribution in [0.25, 0.3) is 43.7 Å². The van der Waals surface area contributed by atoms with Crippen molar-refractivity contribution in [2.45, 2.75) is 13.8 Å². The Morgan fingerprint density at radius 2 is 1.35 bits per heavy atom. The maximum Gasteiger partial charge on any atom is 0.116 e. The lowest BCUT2D eigenvalue weighted by Crippen LogP contribution is -1.92. The largest absolute Gasteiger partial charge is 0.236 e. The number of rotatable bonds is 1. The summed E-state index contributed by atoms with van der Waals surface area (Å²) in [6, 6.07) is 23.8. The van der Waals surface area contributed by atoms with Crippen LogP contribution < -0.4 is 0 Å². The molecule has 0 aliphatic heterocycles. The molecule has 0 saturated carbocycles. The van der Waals surface area contributed by atoms with E-state index in [4.69, 9.17) is 0 Å². The predicted molar refractivity (Wildman–Crippen MR) is 109 cm³/mol. The average molecular weight is 334 g/mol. The number of hydrogen-bond acceptors (Lipinski definition) is 2. The van der Waals surface area contributed by atoms with Crippen molar-refractivity contribution in [1.29, 1.82) is 0 Å². The molecular weight excluding hydrogens is 316 g/mol. The van der Waals surface area contributed by atoms with E-state index >= 15 is 0 Å². The Morgan fingerprint density at radius 1 is 0.615 bits per heavy atom. The van der Waals surface area contributed by atoms with Crippen LogP contribution >= 0.6 is 0 Å². The second-order valence-electron chi connectivity index (χ2n) is 6.94. The number of benzene rings is 4. The van der Waals surface area contributed by atoms with E-state index in [1.807, 2.05) is 0 Å². The highest BCUT2D eigenvalue weighted by molar-refractivity contribution is 6.17. The molecule has 0 unspecified atom stereocenters. The highest BCUT2D eigenvalue weighted by Crippen LogP contribution is 2.34. The Kier molecular flexibility index (Phi) is 3.26. The summed E-state index contributed by atoms with van der Waals surface area (Å²) in [5, 5.41) is 6.02. The van der Waals surface area contributed by atoms with Crippen molar-refractivity contribution >= 4 is 32.4 Å². The van der Waals surface area contributed by atoms with Gasteiger partial charge in [0, 0.05) is 16.3 Å². The molecule has 26 heavy (non-hydrogen) atoms. The monoisotopic (exact) mass is 334 g/mol. The zero-order valence-electron chi connectivity index (χ0n) is 14.8. The molecule has 1 aromatic heterocycles. The van der Waals surface area contributed by atoms with Crippen LogP contribution in [0, 0.1) is 13.8 Å². The predicted octanol–water partition coefficient (Wildman–Crippen LogP) is 6.22. The summed E-state index contributed by atoms with van der Waals surface area (Å²) in [4.78, 5) is 9.25. The maximum absolute atomic E-state index is 4.64. The van der Waals surface area contributed by atoms with Crippen molar-refractivity contribution < 1.29 is 0 Å². The molecule has 0 saturated heterocycles. The Labute approximate surface area is 152 Å². The molecular formula is C24H18N2. The van der Waals surface area contributed by atoms with E-state index in [9.17, 15) is 0 Å². The lowest BCUT2D eigenvalue weighted by molar-refractivity contribution is 1.22. The van der Waals surface area contributed by atoms with Crippen molar-refractivity contribution in [3.8, 4) is 11.3 Å². The van der Waals surface area contributed by atoms with Gasteiger partial charge >= 0.3 is 0 Å². The van der Waals surface area contributed by atoms with Crippen LogP contribution in [0.2, 0.25) is 0 Å². The first-order chi connectivity index (χ1) is 12.7. The van der Waals surface area contributed by atoms with Gasteiger partial charge in [-0.3, -0.25) is 0 Å². The molecule has 2 nitrogen and oxygen atoms in total. The van der Waals surface area contributed by atoms with Gasteiger partial charge in [0.05, 0.1) is 11.2 Å². The van der Waals surface area contributed by atoms with Gasteiger partial charge in [-0.2, -0.15) is 0 Å². The first kappa shape index (κ1) is 15.0. The van der Waals surface area contributed by atoms with Gasteiger partial charge in [-0.15, -0.1) is 0 Å². The number of hydrogen-bond donors (Lipinski definition) is 0. The van der Waals surface area contributed by atoms with E-state index in [0.29, 0.717) is 0 Å². The Morgan fingerprint density at radius 3 is 2.19 bits per heavy atom. The summed E-state index contributed by atoms with van der Waals surface area (Å²) in [6.07, 6.45) is 1.68. The smallest absolute Gasteiger partial charge is 0.116 e. The molecule has 0 N–H and O–H groups in total. The Hall–Kier alpha value is -3.26. The molecule has 0 bridgehead atoms. The van der Waals surface area contributed by atoms with E-state index < -0.39 is 0 Å². The number of nitrogens with zero attached hydrogens (tertiary/aromatic N) is 2. The summed E-state index contributed by atoms with van der Waals surface area (Å²) in [5.41, 5.74) is 5.65. The minimum Gasteiger partial charge on any atom is -0.236 e. The summed E-state index contributed by atoms with van der Waals surface area (Å²) in [7, 11) is 0. The molecule has 0 fully saturated rings. The lowest BCUT2D eigenvalue weighted by atomic mass is 9.97. The fraction of sp³-hybridized carbons (Fsp3) is 0.0833. The molecule has 1 heterocycles. The molecule has 0 amide bonds. The number of aryl methyl sites for hydroxylation is 2. The summed E-state index contributed by atoms with van der Waals surface area (Å²) >= 11 is 0. The van der Waals surface area contributed by atoms with Crippen molar-refractivity contribution in [3.05, 3.63) is 84.2 Å². The average Bonchev–Trinajstić information content (AvgIpc) is 2.66. The second-order valence-corrected chi connectivity index (χ2v) is 6.94. The van der Waals surface area contributed by atoms with Crippen LogP contribution in [0.15, 0.2) is 73.1 Å². The zero-order chi connectivity index (χ0) is 17.7. The van der Waals surface area contributed by atoms with Crippen LogP contribution in [-0.4, -0.2) is 9.97 Å². The molecule has 0 atom stereocenters. The first-order valence-electron chi connectivity index (χ1n) is 8.84. The molecule has 0 aliphatic carbocycles. The minimum atomic E-state index is 0.997. The van der Waals surface area contributed by atoms with E-state index in [2.05, 4.69) is 90.5 Å². The third-order valence-corrected chi connectivity index (χ3v) is 5.02. The summed E-state index contributed by atoms with van der Waals surface area (Å²) in [5.74, 6) is 0. The van der Waals surface area contributed by atoms with Gasteiger partial charge in [0.2, 0.25) is 0 Å². The van der Waals surface area contributed by atoms with Gasteiger partial charge in [-0.05, 0) is 48.2 Å². The highest BCUT2D eigenvalue weighted by atomic mass is 14.8. The minimum absolute atomic E-state index is 0.997. The number of fused-ring (bicyclic) bond motifs is 5. The first-order valence-corrected chi connectivity index (χ1v) is 8.84. The van der Waals surface area contributed by atoms with Crippen LogP contribution in [0.5, 0.6) is 0 Å². The quantitative estimate of drug-likeness (QED) is 0.340. The van der Waals surface area contributed by atoms with Gasteiger partial charge in [0.1, 0.15) is 6.33 Å². The fourth-order valence-corrected chi connectivity index (χ4v) is 3.96. The molecule has 5 aromatic rings. The van der Waals surface area contributed by atoms with Crippen LogP contribution in [-0.2, 0) is 0 Å². The molecule has 5 rings (SSSR count). The SMILES string of the molecule is Cc1cc(C)cc(-c2ncnc3c2ccc2c4ccccc4ccc23)c1. The van der Waals surface area contributed by atoms with Crippen molar-refractivity contribution in [2.24, 2.45) is 0 Å². The van der Waals surface area contributed by atoms with E-state index in [1.165, 1.54) is 32.7 Å². The molecule has 4 aromatic carbocycles. The second kappa shape index (κ2) is 5.63. The van der Waals surface area contributed by atoms with Crippen molar-refractivity contribution in [2.75, 3.05) is 0 Å². The van der Waals surface area contributed by atoms with Gasteiger partial charge < -0.3 is 0 Å². The van der Waals surface area contributed by atoms with Crippen LogP contribution in [0.4, 0.5) is 0 Å². The molecule has 0 aliphatic rings. The molecule has 124 valence electrons. The maximum atomic E-state index is 4.64. The van der Waals surface area contributed by atoms with Gasteiger partial charge in [-0.1, -0.05) is 59.7 Å². The molecule has 0 radical (unpaired) electrons. The number of aromatic nitrogens is 2. The fourth-order valence-electron chi connectivity index (χ4n) is 3.96. The van der Waals surface area contributed by atoms with Gasteiger partial charge in [0.25, 0.3) is 0 Å². The Bertz CT molecular complexity index is 1280. The zero-order valence-corrected chi connectivity index (χ0v) is 14.8. The Balaban J connectivity index is 1.88. The lowest BCUT2D eigenvalue weighted by Gasteiger charge is -2.11. The topological polar surface area (TPSA) is 25.8 Å². The van der Waals surface area contributed by atoms with Crippen LogP contribution in [0.1, 0.15) is 11.1 Å². The van der Waals surface area contributed by atoms with Gasteiger partial charge in [0.15, 0.2) is 0 Å². The third kappa shape index (κ3) is 2.26. The standard InChI is InChI=1S/C24H18N2/c1-15-11-16(2)13-18(12-15)23-22-10-9-20-19-6-4-3-5-17(19)7-8-21(20)24(22)26-14-25-23/h3-14H,1-2H3. The normalized spacial score (nSPS) is 11.5. The van der Waals surface area contributed by atoms with Gasteiger partial charge in [-0.25, -0.2) is 9.97 Å². The van der Waals surface area contributed by atoms with Crippen molar-refractivity contribution in [3.63, 3.8) is 0 Å². The third-order valence-electron chi connectivity index (χ3n) is 5.02. The molecule has 0 spiro atoms.